The van der Waals surface area contributed by atoms with Gasteiger partial charge in [0.15, 0.2) is 10.7 Å². The van der Waals surface area contributed by atoms with Gasteiger partial charge in [-0.05, 0) is 7.05 Å². The third kappa shape index (κ3) is 3.18. The standard InChI is InChI=1S/C6H14N2O2S/c1-7-2-4-8(5-3-7)6-11(9)10/h11H,2-6H2,1H3. The van der Waals surface area contributed by atoms with Gasteiger partial charge in [-0.15, -0.1) is 0 Å². The Bertz CT molecular complexity index is 177. The van der Waals surface area contributed by atoms with E-state index >= 15 is 0 Å². The smallest absolute Gasteiger partial charge is 0.153 e. The maximum absolute atomic E-state index is 10.3. The van der Waals surface area contributed by atoms with Crippen LogP contribution in [0, 0.1) is 0 Å². The lowest BCUT2D eigenvalue weighted by atomic mass is 10.4. The maximum atomic E-state index is 10.3. The number of piperazine rings is 1. The zero-order valence-corrected chi connectivity index (χ0v) is 7.59. The summed E-state index contributed by atoms with van der Waals surface area (Å²) in [4.78, 5) is 4.17. The Morgan fingerprint density at radius 2 is 1.73 bits per heavy atom. The number of nitrogens with zero attached hydrogens (tertiary/aromatic N) is 2. The zero-order chi connectivity index (χ0) is 8.27. The van der Waals surface area contributed by atoms with Crippen molar-refractivity contribution in [3.63, 3.8) is 0 Å². The monoisotopic (exact) mass is 178 g/mol. The van der Waals surface area contributed by atoms with Crippen LogP contribution in [0.5, 0.6) is 0 Å². The molecule has 1 aliphatic rings. The van der Waals surface area contributed by atoms with Gasteiger partial charge in [-0.2, -0.15) is 0 Å². The van der Waals surface area contributed by atoms with Crippen molar-refractivity contribution in [1.29, 1.82) is 0 Å². The number of hydrogen-bond acceptors (Lipinski definition) is 4. The lowest BCUT2D eigenvalue weighted by molar-refractivity contribution is 0.173. The predicted molar refractivity (Wildman–Crippen MR) is 44.3 cm³/mol. The molecule has 5 heteroatoms. The molecule has 0 radical (unpaired) electrons. The van der Waals surface area contributed by atoms with Crippen molar-refractivity contribution in [3.8, 4) is 0 Å². The molecule has 0 aromatic heterocycles. The second-order valence-corrected chi connectivity index (χ2v) is 3.84. The fraction of sp³-hybridized carbons (Fsp3) is 1.00. The Labute approximate surface area is 68.7 Å². The van der Waals surface area contributed by atoms with E-state index in [4.69, 9.17) is 0 Å². The average molecular weight is 178 g/mol. The summed E-state index contributed by atoms with van der Waals surface area (Å²) in [6, 6.07) is 0. The molecule has 1 rings (SSSR count). The first-order chi connectivity index (χ1) is 5.18. The first-order valence-corrected chi connectivity index (χ1v) is 5.07. The highest BCUT2D eigenvalue weighted by Gasteiger charge is 2.13. The Morgan fingerprint density at radius 1 is 1.18 bits per heavy atom. The van der Waals surface area contributed by atoms with E-state index in [0.29, 0.717) is 0 Å². The lowest BCUT2D eigenvalue weighted by Crippen LogP contribution is -2.44. The molecule has 0 bridgehead atoms. The van der Waals surface area contributed by atoms with E-state index in [1.54, 1.807) is 0 Å². The Kier molecular flexibility index (Phi) is 3.29. The molecule has 0 aromatic carbocycles. The van der Waals surface area contributed by atoms with Crippen LogP contribution in [0.2, 0.25) is 0 Å². The minimum atomic E-state index is -2.23. The summed E-state index contributed by atoms with van der Waals surface area (Å²) in [6.45, 7) is 3.70. The quantitative estimate of drug-likeness (QED) is 0.539. The van der Waals surface area contributed by atoms with Gasteiger partial charge in [-0.1, -0.05) is 0 Å². The van der Waals surface area contributed by atoms with Crippen molar-refractivity contribution in [2.45, 2.75) is 0 Å². The molecule has 0 N–H and O–H groups in total. The van der Waals surface area contributed by atoms with Gasteiger partial charge in [0.2, 0.25) is 0 Å². The summed E-state index contributed by atoms with van der Waals surface area (Å²) in [7, 11) is -0.180. The Balaban J connectivity index is 2.28. The molecule has 0 aromatic rings. The third-order valence-electron chi connectivity index (χ3n) is 1.91. The van der Waals surface area contributed by atoms with Crippen LogP contribution in [0.15, 0.2) is 0 Å². The van der Waals surface area contributed by atoms with Gasteiger partial charge in [0.05, 0.1) is 5.88 Å². The summed E-state index contributed by atoms with van der Waals surface area (Å²) in [6.07, 6.45) is 0. The lowest BCUT2D eigenvalue weighted by Gasteiger charge is -2.30. The number of hydrogen-bond donors (Lipinski definition) is 1. The van der Waals surface area contributed by atoms with Crippen LogP contribution in [0.4, 0.5) is 0 Å². The minimum Gasteiger partial charge on any atom is -0.304 e. The van der Waals surface area contributed by atoms with Crippen molar-refractivity contribution in [2.75, 3.05) is 39.1 Å². The fourth-order valence-corrected chi connectivity index (χ4v) is 1.76. The molecule has 1 heterocycles. The second-order valence-electron chi connectivity index (χ2n) is 2.90. The average Bonchev–Trinajstić information content (AvgIpc) is 1.93. The summed E-state index contributed by atoms with van der Waals surface area (Å²) in [5.41, 5.74) is 0. The van der Waals surface area contributed by atoms with E-state index in [0.717, 1.165) is 26.2 Å². The van der Waals surface area contributed by atoms with E-state index in [2.05, 4.69) is 11.9 Å². The van der Waals surface area contributed by atoms with Gasteiger partial charge < -0.3 is 4.90 Å². The van der Waals surface area contributed by atoms with Gasteiger partial charge >= 0.3 is 0 Å². The normalized spacial score (nSPS) is 22.7. The molecule has 0 saturated carbocycles. The molecule has 66 valence electrons. The van der Waals surface area contributed by atoms with Crippen LogP contribution in [-0.2, 0) is 10.7 Å². The molecule has 1 fully saturated rings. The maximum Gasteiger partial charge on any atom is 0.153 e. The summed E-state index contributed by atoms with van der Waals surface area (Å²) in [5.74, 6) is 0.225. The van der Waals surface area contributed by atoms with Crippen molar-refractivity contribution >= 4 is 10.7 Å². The molecule has 0 unspecified atom stereocenters. The highest BCUT2D eigenvalue weighted by atomic mass is 32.2. The molecular formula is C6H14N2O2S. The topological polar surface area (TPSA) is 40.6 Å². The van der Waals surface area contributed by atoms with E-state index in [1.165, 1.54) is 0 Å². The Hall–Kier alpha value is -0.130. The van der Waals surface area contributed by atoms with Crippen molar-refractivity contribution < 1.29 is 8.42 Å². The molecule has 4 nitrogen and oxygen atoms in total. The van der Waals surface area contributed by atoms with Crippen molar-refractivity contribution in [2.24, 2.45) is 0 Å². The number of rotatable bonds is 2. The molecule has 0 spiro atoms. The van der Waals surface area contributed by atoms with Gasteiger partial charge in [0.1, 0.15) is 0 Å². The first-order valence-electron chi connectivity index (χ1n) is 3.71. The van der Waals surface area contributed by atoms with E-state index < -0.39 is 10.7 Å². The molecule has 0 aliphatic carbocycles. The molecule has 0 atom stereocenters. The number of likely N-dealkylation sites (N-methyl/N-ethyl adjacent to an activating group) is 1. The highest BCUT2D eigenvalue weighted by molar-refractivity contribution is 7.72. The SMILES string of the molecule is CN1CCN(C[SH](=O)=O)CC1. The van der Waals surface area contributed by atoms with Gasteiger partial charge in [-0.3, -0.25) is 4.90 Å². The zero-order valence-electron chi connectivity index (χ0n) is 6.69. The van der Waals surface area contributed by atoms with Crippen LogP contribution in [0.1, 0.15) is 0 Å². The minimum absolute atomic E-state index is 0.225. The third-order valence-corrected chi connectivity index (χ3v) is 2.54. The van der Waals surface area contributed by atoms with E-state index in [1.807, 2.05) is 4.90 Å². The molecule has 11 heavy (non-hydrogen) atoms. The predicted octanol–water partition coefficient (Wildman–Crippen LogP) is -1.20. The molecular weight excluding hydrogens is 164 g/mol. The second kappa shape index (κ2) is 4.04. The Morgan fingerprint density at radius 3 is 2.18 bits per heavy atom. The summed E-state index contributed by atoms with van der Waals surface area (Å²) in [5, 5.41) is 0. The summed E-state index contributed by atoms with van der Waals surface area (Å²) < 4.78 is 20.7. The van der Waals surface area contributed by atoms with Crippen LogP contribution >= 0.6 is 0 Å². The largest absolute Gasteiger partial charge is 0.304 e. The van der Waals surface area contributed by atoms with Crippen LogP contribution in [0.3, 0.4) is 0 Å². The molecule has 0 amide bonds. The highest BCUT2D eigenvalue weighted by Crippen LogP contribution is 1.97. The number of thiol groups is 1. The summed E-state index contributed by atoms with van der Waals surface area (Å²) >= 11 is 0. The molecule has 1 saturated heterocycles. The van der Waals surface area contributed by atoms with Crippen LogP contribution in [0.25, 0.3) is 0 Å². The molecule has 1 aliphatic heterocycles. The van der Waals surface area contributed by atoms with Crippen LogP contribution < -0.4 is 0 Å². The fourth-order valence-electron chi connectivity index (χ4n) is 1.15. The first kappa shape index (κ1) is 8.96. The van der Waals surface area contributed by atoms with E-state index in [9.17, 15) is 8.42 Å². The van der Waals surface area contributed by atoms with Gasteiger partial charge in [0.25, 0.3) is 0 Å². The van der Waals surface area contributed by atoms with Crippen LogP contribution in [-0.4, -0.2) is 57.3 Å². The van der Waals surface area contributed by atoms with Gasteiger partial charge in [-0.25, -0.2) is 8.42 Å². The van der Waals surface area contributed by atoms with Crippen molar-refractivity contribution in [3.05, 3.63) is 0 Å². The van der Waals surface area contributed by atoms with Crippen molar-refractivity contribution in [1.82, 2.24) is 9.80 Å². The van der Waals surface area contributed by atoms with Gasteiger partial charge in [0, 0.05) is 26.2 Å². The van der Waals surface area contributed by atoms with E-state index in [-0.39, 0.29) is 5.88 Å².